The third-order valence-electron chi connectivity index (χ3n) is 4.32. The van der Waals surface area contributed by atoms with Crippen LogP contribution in [0.4, 0.5) is 4.39 Å². The molecule has 2 nitrogen and oxygen atoms in total. The van der Waals surface area contributed by atoms with Gasteiger partial charge in [-0.2, -0.15) is 0 Å². The minimum atomic E-state index is -0.0698. The Morgan fingerprint density at radius 1 is 1.35 bits per heavy atom. The van der Waals surface area contributed by atoms with Crippen LogP contribution in [0.3, 0.4) is 0 Å². The predicted molar refractivity (Wildman–Crippen MR) is 82.5 cm³/mol. The molecule has 0 saturated carbocycles. The van der Waals surface area contributed by atoms with Crippen LogP contribution in [-0.4, -0.2) is 36.6 Å². The van der Waals surface area contributed by atoms with Crippen molar-refractivity contribution in [3.05, 3.63) is 35.6 Å². The predicted octanol–water partition coefficient (Wildman–Crippen LogP) is 3.22. The number of nitrogens with zero attached hydrogens (tertiary/aromatic N) is 1. The summed E-state index contributed by atoms with van der Waals surface area (Å²) >= 11 is 0. The lowest BCUT2D eigenvalue weighted by molar-refractivity contribution is 0.137. The summed E-state index contributed by atoms with van der Waals surface area (Å²) in [5.41, 5.74) is 0.839. The Balaban J connectivity index is 1.79. The average Bonchev–Trinajstić information content (AvgIpc) is 2.45. The molecule has 0 amide bonds. The molecule has 1 saturated heterocycles. The molecule has 0 radical (unpaired) electrons. The summed E-state index contributed by atoms with van der Waals surface area (Å²) in [5, 5.41) is 3.62. The number of piperidine rings is 1. The van der Waals surface area contributed by atoms with E-state index in [0.717, 1.165) is 31.6 Å². The molecular weight excluding hydrogens is 251 g/mol. The van der Waals surface area contributed by atoms with Gasteiger partial charge in [-0.15, -0.1) is 0 Å². The van der Waals surface area contributed by atoms with Gasteiger partial charge in [0.15, 0.2) is 0 Å². The Morgan fingerprint density at radius 2 is 2.15 bits per heavy atom. The van der Waals surface area contributed by atoms with Crippen LogP contribution in [0.15, 0.2) is 24.3 Å². The van der Waals surface area contributed by atoms with Gasteiger partial charge in [0.05, 0.1) is 0 Å². The summed E-state index contributed by atoms with van der Waals surface area (Å²) in [7, 11) is 0. The second-order valence-corrected chi connectivity index (χ2v) is 5.90. The summed E-state index contributed by atoms with van der Waals surface area (Å²) in [4.78, 5) is 2.50. The number of benzene rings is 1. The van der Waals surface area contributed by atoms with Crippen LogP contribution in [-0.2, 0) is 6.42 Å². The van der Waals surface area contributed by atoms with Gasteiger partial charge in [-0.25, -0.2) is 4.39 Å². The van der Waals surface area contributed by atoms with Crippen LogP contribution in [0, 0.1) is 5.82 Å². The molecule has 1 aliphatic rings. The SMILES string of the molecule is CCCNC1CCN(CCc2ccccc2F)C(C)C1. The Bertz CT molecular complexity index is 408. The minimum Gasteiger partial charge on any atom is -0.314 e. The molecular formula is C17H27FN2. The van der Waals surface area contributed by atoms with Crippen molar-refractivity contribution in [3.63, 3.8) is 0 Å². The standard InChI is InChI=1S/C17H27FN2/c1-3-10-19-16-9-12-20(14(2)13-16)11-8-15-6-4-5-7-17(15)18/h4-7,14,16,19H,3,8-13H2,1-2H3. The van der Waals surface area contributed by atoms with Crippen molar-refractivity contribution in [1.82, 2.24) is 10.2 Å². The number of rotatable bonds is 6. The van der Waals surface area contributed by atoms with Gasteiger partial charge in [0, 0.05) is 18.6 Å². The molecule has 2 unspecified atom stereocenters. The van der Waals surface area contributed by atoms with Crippen LogP contribution in [0.25, 0.3) is 0 Å². The fourth-order valence-corrected chi connectivity index (χ4v) is 3.05. The van der Waals surface area contributed by atoms with E-state index in [4.69, 9.17) is 0 Å². The summed E-state index contributed by atoms with van der Waals surface area (Å²) in [5.74, 6) is -0.0698. The summed E-state index contributed by atoms with van der Waals surface area (Å²) in [6, 6.07) is 8.38. The third-order valence-corrected chi connectivity index (χ3v) is 4.32. The van der Waals surface area contributed by atoms with Crippen LogP contribution >= 0.6 is 0 Å². The van der Waals surface area contributed by atoms with E-state index in [1.807, 2.05) is 12.1 Å². The van der Waals surface area contributed by atoms with E-state index in [2.05, 4.69) is 24.1 Å². The second-order valence-electron chi connectivity index (χ2n) is 5.90. The Hall–Kier alpha value is -0.930. The first-order valence-electron chi connectivity index (χ1n) is 7.91. The number of halogens is 1. The summed E-state index contributed by atoms with van der Waals surface area (Å²) in [6.07, 6.45) is 4.42. The van der Waals surface area contributed by atoms with E-state index in [1.54, 1.807) is 12.1 Å². The first-order valence-corrected chi connectivity index (χ1v) is 7.91. The molecule has 1 aromatic carbocycles. The number of likely N-dealkylation sites (tertiary alicyclic amines) is 1. The average molecular weight is 278 g/mol. The van der Waals surface area contributed by atoms with Crippen molar-refractivity contribution in [2.75, 3.05) is 19.6 Å². The molecule has 2 rings (SSSR count). The molecule has 0 spiro atoms. The molecule has 20 heavy (non-hydrogen) atoms. The highest BCUT2D eigenvalue weighted by Crippen LogP contribution is 2.18. The second kappa shape index (κ2) is 7.75. The van der Waals surface area contributed by atoms with E-state index in [9.17, 15) is 4.39 Å². The highest BCUT2D eigenvalue weighted by atomic mass is 19.1. The zero-order valence-electron chi connectivity index (χ0n) is 12.7. The van der Waals surface area contributed by atoms with Gasteiger partial charge in [-0.1, -0.05) is 25.1 Å². The molecule has 2 atom stereocenters. The fraction of sp³-hybridized carbons (Fsp3) is 0.647. The lowest BCUT2D eigenvalue weighted by Gasteiger charge is -2.38. The number of nitrogens with one attached hydrogen (secondary N) is 1. The number of hydrogen-bond acceptors (Lipinski definition) is 2. The van der Waals surface area contributed by atoms with Gasteiger partial charge in [0.2, 0.25) is 0 Å². The Labute approximate surface area is 122 Å². The van der Waals surface area contributed by atoms with Crippen molar-refractivity contribution in [1.29, 1.82) is 0 Å². The molecule has 3 heteroatoms. The van der Waals surface area contributed by atoms with Gasteiger partial charge in [0.1, 0.15) is 5.82 Å². The van der Waals surface area contributed by atoms with Crippen molar-refractivity contribution in [2.45, 2.75) is 51.6 Å². The summed E-state index contributed by atoms with van der Waals surface area (Å²) in [6.45, 7) is 7.70. The highest BCUT2D eigenvalue weighted by molar-refractivity contribution is 5.17. The molecule has 0 bridgehead atoms. The normalized spacial score (nSPS) is 23.9. The Kier molecular flexibility index (Phi) is 5.99. The summed E-state index contributed by atoms with van der Waals surface area (Å²) < 4.78 is 13.6. The molecule has 1 heterocycles. The zero-order valence-corrected chi connectivity index (χ0v) is 12.7. The maximum atomic E-state index is 13.6. The smallest absolute Gasteiger partial charge is 0.126 e. The highest BCUT2D eigenvalue weighted by Gasteiger charge is 2.24. The Morgan fingerprint density at radius 3 is 2.85 bits per heavy atom. The van der Waals surface area contributed by atoms with E-state index >= 15 is 0 Å². The van der Waals surface area contributed by atoms with E-state index in [-0.39, 0.29) is 5.82 Å². The van der Waals surface area contributed by atoms with Crippen LogP contribution < -0.4 is 5.32 Å². The first-order chi connectivity index (χ1) is 9.70. The molecule has 0 aliphatic carbocycles. The fourth-order valence-electron chi connectivity index (χ4n) is 3.05. The van der Waals surface area contributed by atoms with Crippen LogP contribution in [0.1, 0.15) is 38.7 Å². The van der Waals surface area contributed by atoms with Crippen LogP contribution in [0.5, 0.6) is 0 Å². The van der Waals surface area contributed by atoms with Crippen molar-refractivity contribution >= 4 is 0 Å². The van der Waals surface area contributed by atoms with E-state index < -0.39 is 0 Å². The van der Waals surface area contributed by atoms with Gasteiger partial charge < -0.3 is 10.2 Å². The van der Waals surface area contributed by atoms with Crippen molar-refractivity contribution in [2.24, 2.45) is 0 Å². The first kappa shape index (κ1) is 15.5. The largest absolute Gasteiger partial charge is 0.314 e. The third kappa shape index (κ3) is 4.29. The zero-order chi connectivity index (χ0) is 14.4. The van der Waals surface area contributed by atoms with Gasteiger partial charge in [0.25, 0.3) is 0 Å². The van der Waals surface area contributed by atoms with Crippen LogP contribution in [0.2, 0.25) is 0 Å². The molecule has 1 aromatic rings. The topological polar surface area (TPSA) is 15.3 Å². The van der Waals surface area contributed by atoms with E-state index in [0.29, 0.717) is 12.1 Å². The monoisotopic (exact) mass is 278 g/mol. The molecule has 1 N–H and O–H groups in total. The maximum absolute atomic E-state index is 13.6. The van der Waals surface area contributed by atoms with Gasteiger partial charge in [-0.3, -0.25) is 0 Å². The molecule has 112 valence electrons. The van der Waals surface area contributed by atoms with Gasteiger partial charge >= 0.3 is 0 Å². The lowest BCUT2D eigenvalue weighted by atomic mass is 9.97. The molecule has 1 aliphatic heterocycles. The maximum Gasteiger partial charge on any atom is 0.126 e. The molecule has 0 aromatic heterocycles. The lowest BCUT2D eigenvalue weighted by Crippen LogP contribution is -2.48. The number of hydrogen-bond donors (Lipinski definition) is 1. The van der Waals surface area contributed by atoms with Crippen molar-refractivity contribution in [3.8, 4) is 0 Å². The van der Waals surface area contributed by atoms with E-state index in [1.165, 1.54) is 19.3 Å². The quantitative estimate of drug-likeness (QED) is 0.859. The molecule has 1 fully saturated rings. The van der Waals surface area contributed by atoms with Crippen molar-refractivity contribution < 1.29 is 4.39 Å². The van der Waals surface area contributed by atoms with Gasteiger partial charge in [-0.05, 0) is 57.3 Å². The minimum absolute atomic E-state index is 0.0698.